The molecule has 0 aromatic heterocycles. The second kappa shape index (κ2) is 14.9. The SMILES string of the molecule is CC[C@@H](OCc1ccccc1)[C@]1(O[Si](CC)(CC)CC)C(=O)O[C@H](Cc2ccccc2)[C@@H]1O[Si](CC)(CC)CC. The third kappa shape index (κ3) is 6.98. The van der Waals surface area contributed by atoms with Crippen molar-refractivity contribution in [1.82, 2.24) is 0 Å². The van der Waals surface area contributed by atoms with E-state index in [9.17, 15) is 4.79 Å². The molecule has 1 fully saturated rings. The number of carbonyl (C=O) groups is 1. The van der Waals surface area contributed by atoms with Gasteiger partial charge in [0.25, 0.3) is 0 Å². The molecule has 4 atom stereocenters. The first-order chi connectivity index (χ1) is 19.3. The average molecular weight is 585 g/mol. The van der Waals surface area contributed by atoms with E-state index in [0.717, 1.165) is 47.4 Å². The zero-order valence-electron chi connectivity index (χ0n) is 25.9. The summed E-state index contributed by atoms with van der Waals surface area (Å²) in [7, 11) is -4.46. The monoisotopic (exact) mass is 584 g/mol. The van der Waals surface area contributed by atoms with Crippen LogP contribution in [0.25, 0.3) is 0 Å². The topological polar surface area (TPSA) is 54.0 Å². The lowest BCUT2D eigenvalue weighted by Crippen LogP contribution is -2.65. The minimum absolute atomic E-state index is 0.309. The van der Waals surface area contributed by atoms with Crippen LogP contribution < -0.4 is 0 Å². The van der Waals surface area contributed by atoms with Gasteiger partial charge in [-0.05, 0) is 53.8 Å². The van der Waals surface area contributed by atoms with Crippen LogP contribution in [0.3, 0.4) is 0 Å². The molecule has 7 heteroatoms. The second-order valence-corrected chi connectivity index (χ2v) is 20.7. The molecule has 2 aromatic rings. The molecule has 222 valence electrons. The summed E-state index contributed by atoms with van der Waals surface area (Å²) in [6.45, 7) is 15.8. The molecule has 40 heavy (non-hydrogen) atoms. The largest absolute Gasteiger partial charge is 0.457 e. The predicted molar refractivity (Wildman–Crippen MR) is 168 cm³/mol. The van der Waals surface area contributed by atoms with E-state index in [2.05, 4.69) is 72.7 Å². The number of esters is 1. The van der Waals surface area contributed by atoms with Crippen molar-refractivity contribution in [1.29, 1.82) is 0 Å². The van der Waals surface area contributed by atoms with Gasteiger partial charge < -0.3 is 18.3 Å². The van der Waals surface area contributed by atoms with Crippen molar-refractivity contribution >= 4 is 22.6 Å². The smallest absolute Gasteiger partial charge is 0.343 e. The Kier molecular flexibility index (Phi) is 12.2. The predicted octanol–water partition coefficient (Wildman–Crippen LogP) is 8.30. The highest BCUT2D eigenvalue weighted by atomic mass is 28.4. The van der Waals surface area contributed by atoms with Gasteiger partial charge in [0, 0.05) is 6.42 Å². The van der Waals surface area contributed by atoms with Crippen molar-refractivity contribution in [3.63, 3.8) is 0 Å². The lowest BCUT2D eigenvalue weighted by Gasteiger charge is -2.47. The zero-order chi connectivity index (χ0) is 29.2. The van der Waals surface area contributed by atoms with E-state index >= 15 is 0 Å². The highest BCUT2D eigenvalue weighted by Gasteiger charge is 2.66. The number of carbonyl (C=O) groups excluding carboxylic acids is 1. The van der Waals surface area contributed by atoms with Gasteiger partial charge in [0.1, 0.15) is 12.2 Å². The van der Waals surface area contributed by atoms with Crippen molar-refractivity contribution in [2.45, 2.75) is 128 Å². The Bertz CT molecular complexity index is 1010. The Morgan fingerprint density at radius 3 is 1.73 bits per heavy atom. The Hall–Kier alpha value is -1.78. The van der Waals surface area contributed by atoms with Gasteiger partial charge in [0.05, 0.1) is 12.7 Å². The molecule has 5 nitrogen and oxygen atoms in total. The molecule has 0 saturated carbocycles. The second-order valence-electron chi connectivity index (χ2n) is 11.2. The van der Waals surface area contributed by atoms with Gasteiger partial charge >= 0.3 is 5.97 Å². The quantitative estimate of drug-likeness (QED) is 0.138. The molecule has 1 saturated heterocycles. The van der Waals surface area contributed by atoms with Crippen LogP contribution in [0.4, 0.5) is 0 Å². The Morgan fingerprint density at radius 1 is 0.750 bits per heavy atom. The molecule has 3 rings (SSSR count). The van der Waals surface area contributed by atoms with E-state index in [0.29, 0.717) is 19.4 Å². The highest BCUT2D eigenvalue weighted by molar-refractivity contribution is 6.74. The number of ether oxygens (including phenoxy) is 2. The molecule has 0 bridgehead atoms. The van der Waals surface area contributed by atoms with E-state index in [1.165, 1.54) is 0 Å². The molecule has 1 aliphatic heterocycles. The summed E-state index contributed by atoms with van der Waals surface area (Å²) in [5.74, 6) is -0.309. The van der Waals surface area contributed by atoms with Crippen LogP contribution in [0.5, 0.6) is 0 Å². The van der Waals surface area contributed by atoms with Gasteiger partial charge in [0.2, 0.25) is 5.60 Å². The molecular weight excluding hydrogens is 533 g/mol. The molecule has 0 unspecified atom stereocenters. The summed E-state index contributed by atoms with van der Waals surface area (Å²) in [4.78, 5) is 14.4. The Morgan fingerprint density at radius 2 is 1.25 bits per heavy atom. The summed E-state index contributed by atoms with van der Waals surface area (Å²) in [6.07, 6.45) is -0.222. The van der Waals surface area contributed by atoms with Crippen LogP contribution in [0.2, 0.25) is 36.3 Å². The maximum Gasteiger partial charge on any atom is 0.343 e. The highest BCUT2D eigenvalue weighted by Crippen LogP contribution is 2.45. The molecule has 0 amide bonds. The first-order valence-electron chi connectivity index (χ1n) is 15.6. The van der Waals surface area contributed by atoms with Gasteiger partial charge in [-0.25, -0.2) is 4.79 Å². The number of rotatable bonds is 17. The summed E-state index contributed by atoms with van der Waals surface area (Å²) in [5.41, 5.74) is 0.907. The third-order valence-electron chi connectivity index (χ3n) is 9.39. The first kappa shape index (κ1) is 32.7. The van der Waals surface area contributed by atoms with Crippen LogP contribution in [-0.2, 0) is 36.1 Å². The molecule has 2 aromatic carbocycles. The van der Waals surface area contributed by atoms with Crippen LogP contribution in [-0.4, -0.2) is 46.5 Å². The standard InChI is InChI=1S/C33H52O5Si2/c1-8-30(35-26-28-23-19-16-20-24-28)33(38-40(12-5,13-6)14-7)31(37-39(9-2,10-3)11-4)29(36-32(33)34)25-27-21-17-15-18-22-27/h15-24,29-31H,8-14,25-26H2,1-7H3/t29-,30-,31+,33-/m1/s1. The van der Waals surface area contributed by atoms with Crippen molar-refractivity contribution in [2.24, 2.45) is 0 Å². The average Bonchev–Trinajstić information content (AvgIpc) is 3.25. The fourth-order valence-electron chi connectivity index (χ4n) is 6.23. The summed E-state index contributed by atoms with van der Waals surface area (Å²) in [5, 5.41) is 0. The molecule has 0 N–H and O–H groups in total. The Labute approximate surface area is 245 Å². The van der Waals surface area contributed by atoms with E-state index < -0.39 is 40.5 Å². The molecule has 1 heterocycles. The van der Waals surface area contributed by atoms with Crippen LogP contribution in [0.1, 0.15) is 66.0 Å². The number of hydrogen-bond donors (Lipinski definition) is 0. The van der Waals surface area contributed by atoms with E-state index in [4.69, 9.17) is 18.3 Å². The van der Waals surface area contributed by atoms with Gasteiger partial charge in [-0.3, -0.25) is 0 Å². The number of hydrogen-bond acceptors (Lipinski definition) is 5. The summed E-state index contributed by atoms with van der Waals surface area (Å²) >= 11 is 0. The van der Waals surface area contributed by atoms with E-state index in [1.54, 1.807) is 0 Å². The van der Waals surface area contributed by atoms with Crippen molar-refractivity contribution < 1.29 is 23.1 Å². The fraction of sp³-hybridized carbons (Fsp3) is 0.606. The van der Waals surface area contributed by atoms with Crippen molar-refractivity contribution in [3.8, 4) is 0 Å². The normalized spacial score (nSPS) is 22.3. The summed E-state index contributed by atoms with van der Waals surface area (Å²) < 4.78 is 27.8. The van der Waals surface area contributed by atoms with Gasteiger partial charge in [-0.1, -0.05) is 109 Å². The van der Waals surface area contributed by atoms with Crippen LogP contribution in [0, 0.1) is 0 Å². The summed E-state index contributed by atoms with van der Waals surface area (Å²) in [6, 6.07) is 26.2. The van der Waals surface area contributed by atoms with E-state index in [-0.39, 0.29) is 5.97 Å². The minimum atomic E-state index is -2.30. The molecule has 0 aliphatic carbocycles. The first-order valence-corrected chi connectivity index (χ1v) is 20.7. The van der Waals surface area contributed by atoms with Gasteiger partial charge in [-0.15, -0.1) is 0 Å². The number of cyclic esters (lactones) is 1. The van der Waals surface area contributed by atoms with Gasteiger partial charge in [-0.2, -0.15) is 0 Å². The van der Waals surface area contributed by atoms with Crippen molar-refractivity contribution in [2.75, 3.05) is 0 Å². The van der Waals surface area contributed by atoms with Crippen LogP contribution >= 0.6 is 0 Å². The maximum absolute atomic E-state index is 14.4. The van der Waals surface area contributed by atoms with Crippen molar-refractivity contribution in [3.05, 3.63) is 71.8 Å². The minimum Gasteiger partial charge on any atom is -0.457 e. The zero-order valence-corrected chi connectivity index (χ0v) is 27.9. The molecule has 0 radical (unpaired) electrons. The Balaban J connectivity index is 2.17. The molecule has 1 aliphatic rings. The molecule has 0 spiro atoms. The van der Waals surface area contributed by atoms with Gasteiger partial charge in [0.15, 0.2) is 16.6 Å². The number of benzene rings is 2. The lowest BCUT2D eigenvalue weighted by atomic mass is 9.86. The third-order valence-corrected chi connectivity index (χ3v) is 18.6. The maximum atomic E-state index is 14.4. The van der Waals surface area contributed by atoms with E-state index in [1.807, 2.05) is 36.4 Å². The molecular formula is C33H52O5Si2. The van der Waals surface area contributed by atoms with Crippen LogP contribution in [0.15, 0.2) is 60.7 Å². The fourth-order valence-corrected chi connectivity index (χ4v) is 12.1. The lowest BCUT2D eigenvalue weighted by molar-refractivity contribution is -0.174.